The van der Waals surface area contributed by atoms with E-state index >= 15 is 0 Å². The van der Waals surface area contributed by atoms with E-state index in [1.54, 1.807) is 0 Å². The molecule has 3 rings (SSSR count). The number of piperazine rings is 1. The van der Waals surface area contributed by atoms with E-state index in [4.69, 9.17) is 0 Å². The first-order valence-electron chi connectivity index (χ1n) is 8.83. The zero-order chi connectivity index (χ0) is 17.6. The molecular formula is C21H26N2OS. The van der Waals surface area contributed by atoms with Gasteiger partial charge in [0.15, 0.2) is 0 Å². The summed E-state index contributed by atoms with van der Waals surface area (Å²) in [6.07, 6.45) is 0. The standard InChI is InChI=1S/C21H26N2OS/c1-17-3-9-20(10-4-17)21(24)25-16-19-7-5-18(6-8-19)15-23-13-11-22(2)12-14-23/h3-10H,11-16H2,1-2H3. The molecule has 2 aromatic carbocycles. The first kappa shape index (κ1) is 18.2. The van der Waals surface area contributed by atoms with Gasteiger partial charge in [-0.25, -0.2) is 0 Å². The summed E-state index contributed by atoms with van der Waals surface area (Å²) in [6, 6.07) is 16.5. The molecule has 0 aromatic heterocycles. The van der Waals surface area contributed by atoms with Gasteiger partial charge >= 0.3 is 0 Å². The largest absolute Gasteiger partial charge is 0.304 e. The zero-order valence-electron chi connectivity index (χ0n) is 15.1. The van der Waals surface area contributed by atoms with Gasteiger partial charge in [0.1, 0.15) is 0 Å². The molecule has 3 nitrogen and oxygen atoms in total. The Bertz CT molecular complexity index is 689. The van der Waals surface area contributed by atoms with Crippen LogP contribution in [0, 0.1) is 6.92 Å². The topological polar surface area (TPSA) is 23.6 Å². The predicted octanol–water partition coefficient (Wildman–Crippen LogP) is 3.82. The third-order valence-electron chi connectivity index (χ3n) is 4.68. The second-order valence-corrected chi connectivity index (χ2v) is 7.79. The molecule has 0 spiro atoms. The fourth-order valence-electron chi connectivity index (χ4n) is 2.93. The van der Waals surface area contributed by atoms with Gasteiger partial charge in [-0.1, -0.05) is 65.9 Å². The van der Waals surface area contributed by atoms with Crippen molar-refractivity contribution < 1.29 is 4.79 Å². The molecule has 1 aliphatic heterocycles. The monoisotopic (exact) mass is 354 g/mol. The summed E-state index contributed by atoms with van der Waals surface area (Å²) in [5.74, 6) is 0.724. The van der Waals surface area contributed by atoms with Gasteiger partial charge < -0.3 is 4.90 Å². The number of aryl methyl sites for hydroxylation is 1. The molecule has 0 radical (unpaired) electrons. The molecule has 0 saturated carbocycles. The van der Waals surface area contributed by atoms with Crippen LogP contribution >= 0.6 is 11.8 Å². The molecule has 0 N–H and O–H groups in total. The second-order valence-electron chi connectivity index (χ2n) is 6.84. The molecule has 0 amide bonds. The van der Waals surface area contributed by atoms with Gasteiger partial charge in [0.2, 0.25) is 5.12 Å². The predicted molar refractivity (Wildman–Crippen MR) is 106 cm³/mol. The lowest BCUT2D eigenvalue weighted by Crippen LogP contribution is -2.43. The van der Waals surface area contributed by atoms with Gasteiger partial charge in [-0.15, -0.1) is 0 Å². The molecule has 0 bridgehead atoms. The van der Waals surface area contributed by atoms with Crippen molar-refractivity contribution in [3.05, 3.63) is 70.8 Å². The van der Waals surface area contributed by atoms with Crippen molar-refractivity contribution in [2.75, 3.05) is 33.2 Å². The van der Waals surface area contributed by atoms with Crippen LogP contribution in [0.4, 0.5) is 0 Å². The lowest BCUT2D eigenvalue weighted by Gasteiger charge is -2.32. The summed E-state index contributed by atoms with van der Waals surface area (Å²) in [5, 5.41) is 0.140. The number of benzene rings is 2. The molecular weight excluding hydrogens is 328 g/mol. The highest BCUT2D eigenvalue weighted by Gasteiger charge is 2.13. The number of thioether (sulfide) groups is 1. The number of rotatable bonds is 5. The van der Waals surface area contributed by atoms with Crippen LogP contribution in [0.2, 0.25) is 0 Å². The molecule has 0 atom stereocenters. The van der Waals surface area contributed by atoms with E-state index in [0.29, 0.717) is 0 Å². The molecule has 2 aromatic rings. The SMILES string of the molecule is Cc1ccc(C(=O)SCc2ccc(CN3CCN(C)CC3)cc2)cc1. The van der Waals surface area contributed by atoms with Crippen LogP contribution in [0.1, 0.15) is 27.0 Å². The molecule has 4 heteroatoms. The van der Waals surface area contributed by atoms with E-state index in [1.807, 2.05) is 31.2 Å². The maximum absolute atomic E-state index is 12.2. The zero-order valence-corrected chi connectivity index (χ0v) is 15.9. The van der Waals surface area contributed by atoms with Crippen LogP contribution < -0.4 is 0 Å². The Morgan fingerprint density at radius 3 is 2.16 bits per heavy atom. The first-order valence-corrected chi connectivity index (χ1v) is 9.81. The van der Waals surface area contributed by atoms with Crippen molar-refractivity contribution >= 4 is 16.9 Å². The Morgan fingerprint density at radius 2 is 1.52 bits per heavy atom. The van der Waals surface area contributed by atoms with Crippen LogP contribution in [0.25, 0.3) is 0 Å². The van der Waals surface area contributed by atoms with Crippen LogP contribution in [-0.2, 0) is 12.3 Å². The number of carbonyl (C=O) groups is 1. The average molecular weight is 355 g/mol. The van der Waals surface area contributed by atoms with Gasteiger partial charge in [-0.2, -0.15) is 0 Å². The third kappa shape index (κ3) is 5.43. The lowest BCUT2D eigenvalue weighted by molar-refractivity contribution is 0.108. The molecule has 1 heterocycles. The van der Waals surface area contributed by atoms with Gasteiger partial charge in [0.05, 0.1) is 0 Å². The minimum atomic E-state index is 0.140. The summed E-state index contributed by atoms with van der Waals surface area (Å²) in [4.78, 5) is 17.1. The van der Waals surface area contributed by atoms with E-state index in [9.17, 15) is 4.79 Å². The molecule has 1 saturated heterocycles. The summed E-state index contributed by atoms with van der Waals surface area (Å²) in [6.45, 7) is 7.62. The van der Waals surface area contributed by atoms with Gasteiger partial charge in [-0.05, 0) is 25.1 Å². The third-order valence-corrected chi connectivity index (χ3v) is 5.66. The molecule has 1 aliphatic rings. The van der Waals surface area contributed by atoms with Crippen molar-refractivity contribution in [3.8, 4) is 0 Å². The number of hydrogen-bond donors (Lipinski definition) is 0. The average Bonchev–Trinajstić information content (AvgIpc) is 2.63. The maximum atomic E-state index is 12.2. The fraction of sp³-hybridized carbons (Fsp3) is 0.381. The van der Waals surface area contributed by atoms with E-state index < -0.39 is 0 Å². The van der Waals surface area contributed by atoms with Crippen LogP contribution in [0.15, 0.2) is 48.5 Å². The summed E-state index contributed by atoms with van der Waals surface area (Å²) in [5.41, 5.74) is 4.51. The van der Waals surface area contributed by atoms with E-state index in [2.05, 4.69) is 41.1 Å². The molecule has 1 fully saturated rings. The quantitative estimate of drug-likeness (QED) is 0.814. The second kappa shape index (κ2) is 8.65. The number of likely N-dealkylation sites (N-methyl/N-ethyl adjacent to an activating group) is 1. The van der Waals surface area contributed by atoms with Crippen LogP contribution in [-0.4, -0.2) is 48.1 Å². The van der Waals surface area contributed by atoms with Gasteiger partial charge in [0.25, 0.3) is 0 Å². The Balaban J connectivity index is 1.49. The van der Waals surface area contributed by atoms with Crippen molar-refractivity contribution in [1.29, 1.82) is 0 Å². The highest BCUT2D eigenvalue weighted by atomic mass is 32.2. The molecule has 0 unspecified atom stereocenters. The molecule has 0 aliphatic carbocycles. The smallest absolute Gasteiger partial charge is 0.219 e. The molecule has 25 heavy (non-hydrogen) atoms. The number of carbonyl (C=O) groups excluding carboxylic acids is 1. The van der Waals surface area contributed by atoms with E-state index in [0.717, 1.165) is 44.0 Å². The van der Waals surface area contributed by atoms with Gasteiger partial charge in [-0.3, -0.25) is 9.69 Å². The normalized spacial score (nSPS) is 16.1. The Labute approximate surface area is 155 Å². The van der Waals surface area contributed by atoms with Crippen LogP contribution in [0.5, 0.6) is 0 Å². The Hall–Kier alpha value is -1.62. The molecule has 132 valence electrons. The van der Waals surface area contributed by atoms with E-state index in [-0.39, 0.29) is 5.12 Å². The summed E-state index contributed by atoms with van der Waals surface area (Å²) < 4.78 is 0. The number of nitrogens with zero attached hydrogens (tertiary/aromatic N) is 2. The summed E-state index contributed by atoms with van der Waals surface area (Å²) >= 11 is 1.38. The lowest BCUT2D eigenvalue weighted by atomic mass is 10.1. The Morgan fingerprint density at radius 1 is 0.920 bits per heavy atom. The van der Waals surface area contributed by atoms with Crippen molar-refractivity contribution in [2.24, 2.45) is 0 Å². The van der Waals surface area contributed by atoms with Crippen molar-refractivity contribution in [1.82, 2.24) is 9.80 Å². The van der Waals surface area contributed by atoms with E-state index in [1.165, 1.54) is 28.5 Å². The minimum absolute atomic E-state index is 0.140. The first-order chi connectivity index (χ1) is 12.1. The van der Waals surface area contributed by atoms with Crippen molar-refractivity contribution in [2.45, 2.75) is 19.2 Å². The maximum Gasteiger partial charge on any atom is 0.219 e. The Kier molecular flexibility index (Phi) is 6.29. The summed E-state index contributed by atoms with van der Waals surface area (Å²) in [7, 11) is 2.18. The van der Waals surface area contributed by atoms with Gasteiger partial charge in [0, 0.05) is 44.0 Å². The van der Waals surface area contributed by atoms with Crippen LogP contribution in [0.3, 0.4) is 0 Å². The van der Waals surface area contributed by atoms with Crippen molar-refractivity contribution in [3.63, 3.8) is 0 Å². The number of hydrogen-bond acceptors (Lipinski definition) is 4. The minimum Gasteiger partial charge on any atom is -0.304 e. The fourth-order valence-corrected chi connectivity index (χ4v) is 3.72. The highest BCUT2D eigenvalue weighted by Crippen LogP contribution is 2.19. The highest BCUT2D eigenvalue weighted by molar-refractivity contribution is 8.13.